The van der Waals surface area contributed by atoms with E-state index < -0.39 is 5.41 Å². The van der Waals surface area contributed by atoms with Gasteiger partial charge in [0.1, 0.15) is 5.78 Å². The Balaban J connectivity index is 2.72. The number of rotatable bonds is 5. The lowest BCUT2D eigenvalue weighted by molar-refractivity contribution is -0.128. The van der Waals surface area contributed by atoms with Crippen molar-refractivity contribution in [3.05, 3.63) is 42.0 Å². The molecule has 90 valence electrons. The van der Waals surface area contributed by atoms with Crippen molar-refractivity contribution in [3.8, 4) is 0 Å². The molecule has 17 heavy (non-hydrogen) atoms. The number of carbonyl (C=O) groups is 2. The standard InChI is InChI=1S/C15H18O2/c1-12(16)11-15(2,3)14(17)10-9-13-7-5-4-6-8-13/h4-10H,11H2,1-3H3/b10-9+. The molecule has 0 amide bonds. The zero-order valence-electron chi connectivity index (χ0n) is 10.6. The first kappa shape index (κ1) is 13.4. The van der Waals surface area contributed by atoms with Gasteiger partial charge in [0, 0.05) is 11.8 Å². The zero-order chi connectivity index (χ0) is 12.9. The SMILES string of the molecule is CC(=O)CC(C)(C)C(=O)/C=C/c1ccccc1. The molecule has 0 aliphatic carbocycles. The van der Waals surface area contributed by atoms with Crippen molar-refractivity contribution in [1.82, 2.24) is 0 Å². The first-order valence-corrected chi connectivity index (χ1v) is 5.69. The summed E-state index contributed by atoms with van der Waals surface area (Å²) in [6.07, 6.45) is 3.62. The van der Waals surface area contributed by atoms with Gasteiger partial charge in [-0.05, 0) is 18.6 Å². The summed E-state index contributed by atoms with van der Waals surface area (Å²) in [5.74, 6) is 0.0213. The molecule has 0 fully saturated rings. The zero-order valence-corrected chi connectivity index (χ0v) is 10.6. The maximum absolute atomic E-state index is 11.9. The molecule has 0 radical (unpaired) electrons. The van der Waals surface area contributed by atoms with Gasteiger partial charge in [-0.15, -0.1) is 0 Å². The Labute approximate surface area is 102 Å². The number of hydrogen-bond acceptors (Lipinski definition) is 2. The molecule has 1 rings (SSSR count). The van der Waals surface area contributed by atoms with Crippen LogP contribution in [0.25, 0.3) is 6.08 Å². The first-order valence-electron chi connectivity index (χ1n) is 5.69. The highest BCUT2D eigenvalue weighted by Crippen LogP contribution is 2.23. The fraction of sp³-hybridized carbons (Fsp3) is 0.333. The van der Waals surface area contributed by atoms with Gasteiger partial charge in [0.05, 0.1) is 0 Å². The summed E-state index contributed by atoms with van der Waals surface area (Å²) in [4.78, 5) is 23.0. The van der Waals surface area contributed by atoms with E-state index in [2.05, 4.69) is 0 Å². The average Bonchev–Trinajstić information content (AvgIpc) is 2.25. The summed E-state index contributed by atoms with van der Waals surface area (Å²) in [7, 11) is 0. The van der Waals surface area contributed by atoms with E-state index in [1.165, 1.54) is 6.92 Å². The van der Waals surface area contributed by atoms with E-state index in [1.54, 1.807) is 26.0 Å². The second-order valence-corrected chi connectivity index (χ2v) is 4.87. The highest BCUT2D eigenvalue weighted by atomic mass is 16.1. The molecule has 0 aliphatic heterocycles. The Morgan fingerprint density at radius 2 is 1.76 bits per heavy atom. The maximum Gasteiger partial charge on any atom is 0.161 e. The fourth-order valence-electron chi connectivity index (χ4n) is 1.67. The van der Waals surface area contributed by atoms with Crippen LogP contribution in [0.5, 0.6) is 0 Å². The molecule has 0 spiro atoms. The van der Waals surface area contributed by atoms with Gasteiger partial charge >= 0.3 is 0 Å². The van der Waals surface area contributed by atoms with Crippen LogP contribution in [0.1, 0.15) is 32.8 Å². The summed E-state index contributed by atoms with van der Waals surface area (Å²) < 4.78 is 0. The van der Waals surface area contributed by atoms with Crippen LogP contribution in [0.15, 0.2) is 36.4 Å². The Morgan fingerprint density at radius 1 is 1.18 bits per heavy atom. The van der Waals surface area contributed by atoms with Crippen molar-refractivity contribution in [2.45, 2.75) is 27.2 Å². The summed E-state index contributed by atoms with van der Waals surface area (Å²) >= 11 is 0. The number of carbonyl (C=O) groups excluding carboxylic acids is 2. The number of allylic oxidation sites excluding steroid dienone is 1. The van der Waals surface area contributed by atoms with E-state index in [9.17, 15) is 9.59 Å². The molecule has 1 aromatic carbocycles. The third kappa shape index (κ3) is 4.35. The molecular weight excluding hydrogens is 212 g/mol. The van der Waals surface area contributed by atoms with Crippen LogP contribution in [0.3, 0.4) is 0 Å². The van der Waals surface area contributed by atoms with Crippen molar-refractivity contribution in [1.29, 1.82) is 0 Å². The van der Waals surface area contributed by atoms with Gasteiger partial charge in [0.2, 0.25) is 0 Å². The van der Waals surface area contributed by atoms with Crippen LogP contribution in [0.4, 0.5) is 0 Å². The molecule has 0 bridgehead atoms. The van der Waals surface area contributed by atoms with Crippen molar-refractivity contribution in [2.75, 3.05) is 0 Å². The van der Waals surface area contributed by atoms with Crippen molar-refractivity contribution < 1.29 is 9.59 Å². The number of ketones is 2. The molecule has 0 saturated heterocycles. The number of benzene rings is 1. The van der Waals surface area contributed by atoms with Crippen molar-refractivity contribution in [3.63, 3.8) is 0 Å². The quantitative estimate of drug-likeness (QED) is 0.727. The van der Waals surface area contributed by atoms with Gasteiger partial charge in [-0.2, -0.15) is 0 Å². The molecule has 2 nitrogen and oxygen atoms in total. The number of Topliss-reactive ketones (excluding diaryl/α,β-unsaturated/α-hetero) is 1. The van der Waals surface area contributed by atoms with Crippen LogP contribution < -0.4 is 0 Å². The Kier molecular flexibility index (Phi) is 4.38. The van der Waals surface area contributed by atoms with Gasteiger partial charge in [-0.1, -0.05) is 50.3 Å². The van der Waals surface area contributed by atoms with E-state index in [4.69, 9.17) is 0 Å². The second kappa shape index (κ2) is 5.58. The van der Waals surface area contributed by atoms with Crippen LogP contribution >= 0.6 is 0 Å². The lowest BCUT2D eigenvalue weighted by atomic mass is 9.83. The van der Waals surface area contributed by atoms with Crippen LogP contribution in [-0.4, -0.2) is 11.6 Å². The Bertz CT molecular complexity index is 427. The minimum atomic E-state index is -0.614. The first-order chi connectivity index (χ1) is 7.92. The molecule has 0 aliphatic rings. The molecule has 0 saturated carbocycles. The third-order valence-corrected chi connectivity index (χ3v) is 2.58. The topological polar surface area (TPSA) is 34.1 Å². The molecule has 2 heteroatoms. The van der Waals surface area contributed by atoms with Gasteiger partial charge in [-0.3, -0.25) is 9.59 Å². The third-order valence-electron chi connectivity index (χ3n) is 2.58. The smallest absolute Gasteiger partial charge is 0.161 e. The predicted octanol–water partition coefficient (Wildman–Crippen LogP) is 3.27. The van der Waals surface area contributed by atoms with Crippen LogP contribution in [-0.2, 0) is 9.59 Å². The van der Waals surface area contributed by atoms with Gasteiger partial charge in [-0.25, -0.2) is 0 Å². The Hall–Kier alpha value is -1.70. The van der Waals surface area contributed by atoms with Crippen molar-refractivity contribution in [2.24, 2.45) is 5.41 Å². The number of hydrogen-bond donors (Lipinski definition) is 0. The molecule has 1 aromatic rings. The summed E-state index contributed by atoms with van der Waals surface area (Å²) in [5.41, 5.74) is 0.372. The van der Waals surface area contributed by atoms with Crippen LogP contribution in [0.2, 0.25) is 0 Å². The maximum atomic E-state index is 11.9. The molecule has 0 heterocycles. The van der Waals surface area contributed by atoms with E-state index >= 15 is 0 Å². The summed E-state index contributed by atoms with van der Waals surface area (Å²) in [5, 5.41) is 0. The predicted molar refractivity (Wildman–Crippen MR) is 69.6 cm³/mol. The highest BCUT2D eigenvalue weighted by molar-refractivity contribution is 5.99. The van der Waals surface area contributed by atoms with E-state index in [-0.39, 0.29) is 18.0 Å². The van der Waals surface area contributed by atoms with Crippen molar-refractivity contribution >= 4 is 17.6 Å². The minimum Gasteiger partial charge on any atom is -0.300 e. The molecule has 0 atom stereocenters. The molecule has 0 N–H and O–H groups in total. The molecule has 0 aromatic heterocycles. The van der Waals surface area contributed by atoms with E-state index in [0.717, 1.165) is 5.56 Å². The highest BCUT2D eigenvalue weighted by Gasteiger charge is 2.26. The fourth-order valence-corrected chi connectivity index (χ4v) is 1.67. The largest absolute Gasteiger partial charge is 0.300 e. The normalized spacial score (nSPS) is 11.7. The summed E-state index contributed by atoms with van der Waals surface area (Å²) in [6, 6.07) is 9.64. The monoisotopic (exact) mass is 230 g/mol. The van der Waals surface area contributed by atoms with Crippen LogP contribution in [0, 0.1) is 5.41 Å². The summed E-state index contributed by atoms with van der Waals surface area (Å²) in [6.45, 7) is 5.11. The average molecular weight is 230 g/mol. The lowest BCUT2D eigenvalue weighted by Gasteiger charge is -2.19. The second-order valence-electron chi connectivity index (χ2n) is 4.87. The van der Waals surface area contributed by atoms with Gasteiger partial charge < -0.3 is 0 Å². The molecular formula is C15H18O2. The molecule has 0 unspecified atom stereocenters. The Morgan fingerprint density at radius 3 is 2.29 bits per heavy atom. The lowest BCUT2D eigenvalue weighted by Crippen LogP contribution is -2.24. The van der Waals surface area contributed by atoms with Gasteiger partial charge in [0.25, 0.3) is 0 Å². The van der Waals surface area contributed by atoms with Gasteiger partial charge in [0.15, 0.2) is 5.78 Å². The van der Waals surface area contributed by atoms with E-state index in [0.29, 0.717) is 0 Å². The minimum absolute atomic E-state index is 0.0171. The van der Waals surface area contributed by atoms with E-state index in [1.807, 2.05) is 30.3 Å².